The summed E-state index contributed by atoms with van der Waals surface area (Å²) in [6, 6.07) is 5.74. The van der Waals surface area contributed by atoms with Gasteiger partial charge in [0.1, 0.15) is 23.6 Å². The molecule has 10 nitrogen and oxygen atoms in total. The van der Waals surface area contributed by atoms with E-state index in [0.717, 1.165) is 50.6 Å². The minimum Gasteiger partial charge on any atom is -0.461 e. The summed E-state index contributed by atoms with van der Waals surface area (Å²) in [5.74, 6) is -0.101. The van der Waals surface area contributed by atoms with Crippen molar-refractivity contribution in [3.8, 4) is 17.3 Å². The maximum atomic E-state index is 16.4. The van der Waals surface area contributed by atoms with Gasteiger partial charge in [0.25, 0.3) is 0 Å². The van der Waals surface area contributed by atoms with Crippen LogP contribution in [0.25, 0.3) is 33.1 Å². The number of pyridine rings is 1. The molecule has 41 heavy (non-hydrogen) atoms. The Labute approximate surface area is 237 Å². The monoisotopic (exact) mass is 556 g/mol. The van der Waals surface area contributed by atoms with E-state index in [9.17, 15) is 4.79 Å². The van der Waals surface area contributed by atoms with Crippen LogP contribution in [-0.4, -0.2) is 92.3 Å². The van der Waals surface area contributed by atoms with Crippen LogP contribution >= 0.6 is 0 Å². The first-order valence-corrected chi connectivity index (χ1v) is 14.3. The van der Waals surface area contributed by atoms with E-state index in [1.807, 2.05) is 30.1 Å². The number of carbonyl (C=O) groups is 1. The maximum absolute atomic E-state index is 16.4. The molecule has 0 saturated carbocycles. The molecule has 3 saturated heterocycles. The van der Waals surface area contributed by atoms with Gasteiger partial charge in [-0.15, -0.1) is 0 Å². The lowest BCUT2D eigenvalue weighted by molar-refractivity contribution is -0.125. The van der Waals surface area contributed by atoms with Crippen LogP contribution in [0.2, 0.25) is 0 Å². The summed E-state index contributed by atoms with van der Waals surface area (Å²) in [4.78, 5) is 32.5. The predicted molar refractivity (Wildman–Crippen MR) is 154 cm³/mol. The summed E-state index contributed by atoms with van der Waals surface area (Å²) in [5.41, 5.74) is 1.66. The van der Waals surface area contributed by atoms with E-state index in [2.05, 4.69) is 31.6 Å². The Hall–Kier alpha value is -4.12. The predicted octanol–water partition coefficient (Wildman–Crippen LogP) is 3.94. The van der Waals surface area contributed by atoms with Crippen LogP contribution in [0.5, 0.6) is 6.01 Å². The lowest BCUT2D eigenvalue weighted by Gasteiger charge is -2.31. The standard InChI is InChI=1S/C30H33FN8O2/c1-3-23(40)38-14-9-20(17-38)37(2)28-22-16-32-26(21-8-4-7-19-15-33-36-25(19)21)24(31)27(22)34-29(35-28)41-18-30-10-5-12-39(30)13-6-11-30/h3-4,7-8,15-16,20H,1,5-6,9-14,17-18H2,2H3,(H,33,36)/t20-/m1/s1. The van der Waals surface area contributed by atoms with E-state index in [0.29, 0.717) is 42.0 Å². The number of anilines is 1. The van der Waals surface area contributed by atoms with Crippen LogP contribution in [-0.2, 0) is 4.79 Å². The molecule has 3 aliphatic heterocycles. The third kappa shape index (κ3) is 4.30. The number of halogens is 1. The summed E-state index contributed by atoms with van der Waals surface area (Å²) >= 11 is 0. The van der Waals surface area contributed by atoms with E-state index in [-0.39, 0.29) is 34.7 Å². The van der Waals surface area contributed by atoms with Gasteiger partial charge in [-0.25, -0.2) is 4.39 Å². The molecule has 1 aromatic carbocycles. The molecule has 0 radical (unpaired) electrons. The Morgan fingerprint density at radius 3 is 2.88 bits per heavy atom. The average molecular weight is 557 g/mol. The summed E-state index contributed by atoms with van der Waals surface area (Å²) in [7, 11) is 1.92. The number of ether oxygens (including phenoxy) is 1. The number of likely N-dealkylation sites (N-methyl/N-ethyl adjacent to an activating group) is 1. The Bertz CT molecular complexity index is 1640. The van der Waals surface area contributed by atoms with Gasteiger partial charge in [0.2, 0.25) is 5.91 Å². The second kappa shape index (κ2) is 10.1. The van der Waals surface area contributed by atoms with Gasteiger partial charge in [0.05, 0.1) is 22.6 Å². The number of para-hydroxylation sites is 1. The third-order valence-corrected chi connectivity index (χ3v) is 9.19. The molecule has 0 spiro atoms. The van der Waals surface area contributed by atoms with Gasteiger partial charge in [-0.05, 0) is 51.3 Å². The number of aromatic amines is 1. The molecule has 4 aromatic rings. The largest absolute Gasteiger partial charge is 0.461 e. The van der Waals surface area contributed by atoms with Crippen molar-refractivity contribution < 1.29 is 13.9 Å². The van der Waals surface area contributed by atoms with Crippen molar-refractivity contribution in [2.45, 2.75) is 43.7 Å². The Morgan fingerprint density at radius 1 is 1.24 bits per heavy atom. The van der Waals surface area contributed by atoms with E-state index >= 15 is 4.39 Å². The Balaban J connectivity index is 1.30. The van der Waals surface area contributed by atoms with Crippen LogP contribution in [0, 0.1) is 5.82 Å². The van der Waals surface area contributed by atoms with Crippen LogP contribution in [0.3, 0.4) is 0 Å². The highest BCUT2D eigenvalue weighted by Crippen LogP contribution is 2.40. The summed E-state index contributed by atoms with van der Waals surface area (Å²) in [5, 5.41) is 8.45. The molecule has 1 amide bonds. The topological polar surface area (TPSA) is 103 Å². The molecule has 6 heterocycles. The van der Waals surface area contributed by atoms with Gasteiger partial charge >= 0.3 is 6.01 Å². The fraction of sp³-hybridized carbons (Fsp3) is 0.433. The molecular formula is C30H33FN8O2. The normalized spacial score (nSPS) is 20.1. The van der Waals surface area contributed by atoms with Crippen molar-refractivity contribution in [2.75, 3.05) is 44.7 Å². The van der Waals surface area contributed by atoms with Crippen molar-refractivity contribution in [1.82, 2.24) is 34.9 Å². The second-order valence-corrected chi connectivity index (χ2v) is 11.4. The van der Waals surface area contributed by atoms with Crippen molar-refractivity contribution >= 4 is 33.5 Å². The Kier molecular flexibility index (Phi) is 6.33. The number of hydrogen-bond donors (Lipinski definition) is 1. The molecule has 1 N–H and O–H groups in total. The number of benzene rings is 1. The third-order valence-electron chi connectivity index (χ3n) is 9.19. The van der Waals surface area contributed by atoms with Crippen LogP contribution in [0.1, 0.15) is 32.1 Å². The van der Waals surface area contributed by atoms with Crippen molar-refractivity contribution in [2.24, 2.45) is 0 Å². The van der Waals surface area contributed by atoms with Crippen molar-refractivity contribution in [3.05, 3.63) is 49.1 Å². The van der Waals surface area contributed by atoms with E-state index in [4.69, 9.17) is 9.72 Å². The first-order chi connectivity index (χ1) is 20.0. The zero-order chi connectivity index (χ0) is 28.1. The molecular weight excluding hydrogens is 523 g/mol. The molecule has 3 aliphatic rings. The number of aromatic nitrogens is 5. The second-order valence-electron chi connectivity index (χ2n) is 11.4. The molecule has 212 valence electrons. The van der Waals surface area contributed by atoms with Gasteiger partial charge < -0.3 is 14.5 Å². The number of carbonyl (C=O) groups excluding carboxylic acids is 1. The van der Waals surface area contributed by atoms with Crippen molar-refractivity contribution in [1.29, 1.82) is 0 Å². The fourth-order valence-corrected chi connectivity index (χ4v) is 6.93. The smallest absolute Gasteiger partial charge is 0.319 e. The van der Waals surface area contributed by atoms with Crippen LogP contribution < -0.4 is 9.64 Å². The first-order valence-electron chi connectivity index (χ1n) is 14.3. The first kappa shape index (κ1) is 25.8. The zero-order valence-corrected chi connectivity index (χ0v) is 23.1. The number of rotatable bonds is 7. The number of nitrogens with one attached hydrogen (secondary N) is 1. The molecule has 11 heteroatoms. The molecule has 0 unspecified atom stereocenters. The van der Waals surface area contributed by atoms with Crippen molar-refractivity contribution in [3.63, 3.8) is 0 Å². The molecule has 0 aliphatic carbocycles. The lowest BCUT2D eigenvalue weighted by atomic mass is 9.95. The molecule has 3 fully saturated rings. The van der Waals surface area contributed by atoms with Gasteiger partial charge in [-0.2, -0.15) is 15.1 Å². The fourth-order valence-electron chi connectivity index (χ4n) is 6.93. The number of hydrogen-bond acceptors (Lipinski definition) is 8. The number of likely N-dealkylation sites (tertiary alicyclic amines) is 1. The number of fused-ring (bicyclic) bond motifs is 3. The van der Waals surface area contributed by atoms with E-state index in [1.165, 1.54) is 6.08 Å². The molecule has 3 aromatic heterocycles. The maximum Gasteiger partial charge on any atom is 0.319 e. The van der Waals surface area contributed by atoms with Gasteiger partial charge in [0.15, 0.2) is 5.82 Å². The summed E-state index contributed by atoms with van der Waals surface area (Å²) in [6.45, 7) is 7.40. The summed E-state index contributed by atoms with van der Waals surface area (Å²) in [6.07, 6.45) is 9.90. The minimum absolute atomic E-state index is 0.000400. The zero-order valence-electron chi connectivity index (χ0n) is 23.1. The SMILES string of the molecule is C=CC(=O)N1CC[C@@H](N(C)c2nc(OCC34CCCN3CCC4)nc3c(F)c(-c4cccc5cn[nH]c45)ncc23)C1. The van der Waals surface area contributed by atoms with Gasteiger partial charge in [-0.3, -0.25) is 19.8 Å². The highest BCUT2D eigenvalue weighted by molar-refractivity contribution is 5.97. The number of nitrogens with zero attached hydrogens (tertiary/aromatic N) is 7. The highest BCUT2D eigenvalue weighted by Gasteiger charge is 2.45. The quantitative estimate of drug-likeness (QED) is 0.342. The molecule has 7 rings (SSSR count). The Morgan fingerprint density at radius 2 is 2.07 bits per heavy atom. The average Bonchev–Trinajstić information content (AvgIpc) is 3.79. The van der Waals surface area contributed by atoms with Gasteiger partial charge in [0, 0.05) is 43.3 Å². The van der Waals surface area contributed by atoms with E-state index < -0.39 is 5.82 Å². The van der Waals surface area contributed by atoms with E-state index in [1.54, 1.807) is 17.3 Å². The van der Waals surface area contributed by atoms with Gasteiger partial charge in [-0.1, -0.05) is 24.8 Å². The van der Waals surface area contributed by atoms with Crippen LogP contribution in [0.4, 0.5) is 10.2 Å². The summed E-state index contributed by atoms with van der Waals surface area (Å²) < 4.78 is 22.7. The molecule has 1 atom stereocenters. The minimum atomic E-state index is -0.539. The molecule has 0 bridgehead atoms. The number of H-pyrrole nitrogens is 1. The van der Waals surface area contributed by atoms with Crippen LogP contribution in [0.15, 0.2) is 43.2 Å². The lowest BCUT2D eigenvalue weighted by Crippen LogP contribution is -2.43. The number of amides is 1. The highest BCUT2D eigenvalue weighted by atomic mass is 19.1.